The summed E-state index contributed by atoms with van der Waals surface area (Å²) >= 11 is 0. The van der Waals surface area contributed by atoms with Crippen molar-refractivity contribution in [2.24, 2.45) is 23.2 Å². The van der Waals surface area contributed by atoms with Gasteiger partial charge in [-0.15, -0.1) is 0 Å². The molecule has 5 amide bonds. The summed E-state index contributed by atoms with van der Waals surface area (Å²) in [6.45, 7) is 20.1. The molecule has 16 heteroatoms. The summed E-state index contributed by atoms with van der Waals surface area (Å²) < 4.78 is 48.9. The van der Waals surface area contributed by atoms with Crippen molar-refractivity contribution in [1.29, 1.82) is 0 Å². The molecule has 2 aliphatic rings. The molecule has 0 aromatic rings. The number of nitrogens with zero attached hydrogens (tertiary/aromatic N) is 1. The number of esters is 1. The molecule has 290 valence electrons. The molecule has 0 aliphatic carbocycles. The van der Waals surface area contributed by atoms with Crippen LogP contribution < -0.4 is 21.3 Å². The molecule has 2 saturated heterocycles. The summed E-state index contributed by atoms with van der Waals surface area (Å²) in [5.41, 5.74) is -0.868. The second-order valence-electron chi connectivity index (χ2n) is 15.0. The van der Waals surface area contributed by atoms with E-state index >= 15 is 0 Å². The normalized spacial score (nSPS) is 20.0. The molecule has 2 aliphatic heterocycles. The average Bonchev–Trinajstić information content (AvgIpc) is 3.63. The van der Waals surface area contributed by atoms with Gasteiger partial charge in [0.25, 0.3) is 5.91 Å². The lowest BCUT2D eigenvalue weighted by atomic mass is 9.85. The van der Waals surface area contributed by atoms with Gasteiger partial charge in [-0.05, 0) is 36.0 Å². The van der Waals surface area contributed by atoms with Crippen molar-refractivity contribution >= 4 is 35.5 Å². The van der Waals surface area contributed by atoms with Crippen LogP contribution in [0.3, 0.4) is 0 Å². The summed E-state index contributed by atoms with van der Waals surface area (Å²) in [4.78, 5) is 77.2. The van der Waals surface area contributed by atoms with Crippen molar-refractivity contribution in [1.82, 2.24) is 26.2 Å². The zero-order valence-corrected chi connectivity index (χ0v) is 31.5. The molecule has 0 aromatic heterocycles. The molecule has 4 N–H and O–H groups in total. The maximum Gasteiger partial charge on any atom is 0.389 e. The molecule has 5 atom stereocenters. The number of ketones is 1. The number of alkyl halides is 3. The van der Waals surface area contributed by atoms with E-state index in [9.17, 15) is 41.9 Å². The van der Waals surface area contributed by atoms with E-state index in [1.54, 1.807) is 27.7 Å². The number of carbonyl (C=O) groups excluding carboxylic acids is 6. The van der Waals surface area contributed by atoms with Crippen molar-refractivity contribution in [2.75, 3.05) is 33.4 Å². The highest BCUT2D eigenvalue weighted by Crippen LogP contribution is 2.29. The fraction of sp³-hybridized carbons (Fsp3) is 0.824. The molecule has 2 heterocycles. The molecule has 0 radical (unpaired) electrons. The standard InChI is InChI=1S/C26H40F3N5O8.2C4H10/c1-14-7-10-34(18(14)21(37)32-16(6-9-26(27,28)29)19(36)22(38)30-5)23(39)20(25(2,3)4)33-24(40)31-12-17(35)42-15-8-11-41-13-15;2*1-4(2)3/h14-16,18,20H,6-13H2,1-5H3,(H,30,38)(H,32,37)(H2,31,33,40);2*4H,1-3H3/t14?,15?,16?,18-,20+;;/m0../s1. The Morgan fingerprint density at radius 3 is 1.94 bits per heavy atom. The molecule has 0 spiro atoms. The monoisotopic (exact) mass is 723 g/mol. The van der Waals surface area contributed by atoms with Gasteiger partial charge in [-0.3, -0.25) is 24.0 Å². The Morgan fingerprint density at radius 1 is 0.920 bits per heavy atom. The zero-order chi connectivity index (χ0) is 39.0. The molecule has 0 saturated carbocycles. The number of hydrogen-bond acceptors (Lipinski definition) is 8. The van der Waals surface area contributed by atoms with E-state index in [-0.39, 0.29) is 13.2 Å². The Bertz CT molecular complexity index is 1110. The molecule has 2 fully saturated rings. The van der Waals surface area contributed by atoms with Crippen LogP contribution in [-0.2, 0) is 33.4 Å². The molecule has 3 unspecified atom stereocenters. The minimum atomic E-state index is -4.64. The average molecular weight is 724 g/mol. The Labute approximate surface area is 294 Å². The molecular weight excluding hydrogens is 663 g/mol. The number of Topliss-reactive ketones (excluding diaryl/α,β-unsaturated/α-hetero) is 1. The lowest BCUT2D eigenvalue weighted by Crippen LogP contribution is -2.60. The summed E-state index contributed by atoms with van der Waals surface area (Å²) in [5.74, 6) is -3.42. The number of carbonyl (C=O) groups is 6. The van der Waals surface area contributed by atoms with Crippen LogP contribution in [-0.4, -0.2) is 104 Å². The number of likely N-dealkylation sites (tertiary alicyclic amines) is 1. The van der Waals surface area contributed by atoms with Gasteiger partial charge in [0.1, 0.15) is 24.7 Å². The van der Waals surface area contributed by atoms with Crippen LogP contribution in [0.1, 0.15) is 94.9 Å². The van der Waals surface area contributed by atoms with Gasteiger partial charge in [0.2, 0.25) is 17.6 Å². The molecule has 0 aromatic carbocycles. The van der Waals surface area contributed by atoms with Gasteiger partial charge in [-0.25, -0.2) is 4.79 Å². The summed E-state index contributed by atoms with van der Waals surface area (Å²) in [6, 6.07) is -4.95. The summed E-state index contributed by atoms with van der Waals surface area (Å²) in [5, 5.41) is 9.16. The maximum atomic E-state index is 13.7. The SMILES string of the molecule is CC(C)C.CC(C)C.CNC(=O)C(=O)C(CCC(F)(F)F)NC(=O)[C@@H]1C(C)CCN1C(=O)[C@@H](NC(=O)NCC(=O)OC1CCOC1)C(C)(C)C. The van der Waals surface area contributed by atoms with Crippen LogP contribution in [0.25, 0.3) is 0 Å². The minimum absolute atomic E-state index is 0.0976. The Morgan fingerprint density at radius 2 is 1.48 bits per heavy atom. The van der Waals surface area contributed by atoms with E-state index in [0.29, 0.717) is 19.4 Å². The Hall–Kier alpha value is -3.43. The highest BCUT2D eigenvalue weighted by molar-refractivity contribution is 6.38. The predicted molar refractivity (Wildman–Crippen MR) is 182 cm³/mol. The van der Waals surface area contributed by atoms with E-state index in [4.69, 9.17) is 9.47 Å². The molecule has 50 heavy (non-hydrogen) atoms. The molecule has 13 nitrogen and oxygen atoms in total. The second-order valence-corrected chi connectivity index (χ2v) is 15.0. The number of rotatable bonds is 11. The van der Waals surface area contributed by atoms with Gasteiger partial charge in [0, 0.05) is 26.4 Å². The number of likely N-dealkylation sites (N-methyl/N-ethyl adjacent to an activating group) is 1. The topological polar surface area (TPSA) is 172 Å². The highest BCUT2D eigenvalue weighted by atomic mass is 19.4. The first-order valence-corrected chi connectivity index (χ1v) is 17.2. The first-order valence-electron chi connectivity index (χ1n) is 17.2. The largest absolute Gasteiger partial charge is 0.459 e. The molecular formula is C34H60F3N5O8. The van der Waals surface area contributed by atoms with Gasteiger partial charge in [0.05, 0.1) is 19.3 Å². The van der Waals surface area contributed by atoms with E-state index in [1.807, 2.05) is 5.32 Å². The summed E-state index contributed by atoms with van der Waals surface area (Å²) in [7, 11) is 1.13. The molecule has 2 rings (SSSR count). The second kappa shape index (κ2) is 21.7. The zero-order valence-electron chi connectivity index (χ0n) is 31.5. The summed E-state index contributed by atoms with van der Waals surface area (Å²) in [6.07, 6.45) is -6.41. The Balaban J connectivity index is 0.00000270. The number of urea groups is 1. The number of ether oxygens (including phenoxy) is 2. The van der Waals surface area contributed by atoms with Crippen LogP contribution in [0, 0.1) is 23.2 Å². The quantitative estimate of drug-likeness (QED) is 0.185. The smallest absolute Gasteiger partial charge is 0.389 e. The maximum absolute atomic E-state index is 13.7. The van der Waals surface area contributed by atoms with Crippen molar-refractivity contribution in [3.05, 3.63) is 0 Å². The molecule has 0 bridgehead atoms. The fourth-order valence-corrected chi connectivity index (χ4v) is 4.69. The van der Waals surface area contributed by atoms with Crippen molar-refractivity contribution in [3.8, 4) is 0 Å². The van der Waals surface area contributed by atoms with Crippen LogP contribution >= 0.6 is 0 Å². The van der Waals surface area contributed by atoms with Crippen molar-refractivity contribution in [3.63, 3.8) is 0 Å². The van der Waals surface area contributed by atoms with Crippen molar-refractivity contribution in [2.45, 2.75) is 125 Å². The lowest BCUT2D eigenvalue weighted by molar-refractivity contribution is -0.147. The van der Waals surface area contributed by atoms with Crippen molar-refractivity contribution < 1.29 is 51.4 Å². The van der Waals surface area contributed by atoms with Crippen LogP contribution in [0.15, 0.2) is 0 Å². The van der Waals surface area contributed by atoms with Gasteiger partial charge in [-0.1, -0.05) is 69.2 Å². The number of halogens is 3. The van der Waals surface area contributed by atoms with Crippen LogP contribution in [0.4, 0.5) is 18.0 Å². The fourth-order valence-electron chi connectivity index (χ4n) is 4.69. The van der Waals surface area contributed by atoms with E-state index in [1.165, 1.54) is 4.90 Å². The highest BCUT2D eigenvalue weighted by Gasteiger charge is 2.46. The number of nitrogens with one attached hydrogen (secondary N) is 4. The third kappa shape index (κ3) is 18.5. The van der Waals surface area contributed by atoms with Crippen LogP contribution in [0.2, 0.25) is 0 Å². The Kier molecular flexibility index (Phi) is 20.2. The number of hydrogen-bond donors (Lipinski definition) is 4. The van der Waals surface area contributed by atoms with E-state index in [2.05, 4.69) is 57.5 Å². The first-order chi connectivity index (χ1) is 22.9. The van der Waals surface area contributed by atoms with Crippen LogP contribution in [0.5, 0.6) is 0 Å². The minimum Gasteiger partial charge on any atom is -0.459 e. The third-order valence-electron chi connectivity index (χ3n) is 7.02. The predicted octanol–water partition coefficient (Wildman–Crippen LogP) is 3.74. The van der Waals surface area contributed by atoms with Gasteiger partial charge >= 0.3 is 18.2 Å². The lowest BCUT2D eigenvalue weighted by Gasteiger charge is -2.36. The van der Waals surface area contributed by atoms with Gasteiger partial charge < -0.3 is 35.6 Å². The van der Waals surface area contributed by atoms with E-state index < -0.39 is 96.6 Å². The third-order valence-corrected chi connectivity index (χ3v) is 7.02. The van der Waals surface area contributed by atoms with Gasteiger partial charge in [0.15, 0.2) is 0 Å². The first kappa shape index (κ1) is 46.6. The number of amides is 5. The van der Waals surface area contributed by atoms with E-state index in [0.717, 1.165) is 18.9 Å². The van der Waals surface area contributed by atoms with Gasteiger partial charge in [-0.2, -0.15) is 13.2 Å².